The molecule has 4 aliphatic rings. The first-order valence-corrected chi connectivity index (χ1v) is 8.50. The van der Waals surface area contributed by atoms with Crippen LogP contribution in [-0.2, 0) is 4.74 Å². The summed E-state index contributed by atoms with van der Waals surface area (Å²) < 4.78 is 73.5. The highest BCUT2D eigenvalue weighted by atomic mass is 19.4. The average Bonchev–Trinajstić information content (AvgIpc) is 3.01. The molecule has 1 aliphatic heterocycles. The van der Waals surface area contributed by atoms with E-state index in [2.05, 4.69) is 0 Å². The van der Waals surface area contributed by atoms with Gasteiger partial charge in [0.05, 0.1) is 6.10 Å². The van der Waals surface area contributed by atoms with E-state index in [9.17, 15) is 32.2 Å². The first-order chi connectivity index (χ1) is 10.9. The van der Waals surface area contributed by atoms with E-state index in [-0.39, 0.29) is 23.7 Å². The van der Waals surface area contributed by atoms with Gasteiger partial charge in [-0.25, -0.2) is 0 Å². The Morgan fingerprint density at radius 2 is 1.50 bits per heavy atom. The fourth-order valence-electron chi connectivity index (χ4n) is 6.18. The first kappa shape index (κ1) is 17.0. The minimum absolute atomic E-state index is 0.144. The maximum Gasteiger partial charge on any atom is 0.449 e. The summed E-state index contributed by atoms with van der Waals surface area (Å²) in [5.74, 6) is -10.9. The van der Waals surface area contributed by atoms with Crippen molar-refractivity contribution < 1.29 is 36.9 Å². The van der Waals surface area contributed by atoms with Crippen LogP contribution in [0.4, 0.5) is 22.0 Å². The molecule has 8 atom stereocenters. The van der Waals surface area contributed by atoms with Crippen molar-refractivity contribution in [3.8, 4) is 0 Å². The third-order valence-corrected chi connectivity index (χ3v) is 7.16. The Labute approximate surface area is 136 Å². The second-order valence-corrected chi connectivity index (χ2v) is 8.15. The standard InChI is InChI=1S/C16H21F5O3/c1-13(22)11-9-6-10(8-5-3-2-4-7(8)9)12(11)24-15(23,14(13,17)18)16(19,20)21/h7-12,22-23H,2-6H2,1H3. The molecule has 8 unspecified atom stereocenters. The lowest BCUT2D eigenvalue weighted by molar-refractivity contribution is -0.495. The monoisotopic (exact) mass is 356 g/mol. The van der Waals surface area contributed by atoms with Gasteiger partial charge in [0.2, 0.25) is 0 Å². The molecule has 0 radical (unpaired) electrons. The molecule has 4 fully saturated rings. The zero-order chi connectivity index (χ0) is 17.7. The number of hydrogen-bond donors (Lipinski definition) is 2. The lowest BCUT2D eigenvalue weighted by atomic mass is 9.59. The van der Waals surface area contributed by atoms with Gasteiger partial charge in [-0.05, 0) is 49.9 Å². The molecule has 1 heterocycles. The summed E-state index contributed by atoms with van der Waals surface area (Å²) in [6, 6.07) is 0. The Balaban J connectivity index is 1.78. The number of hydrogen-bond acceptors (Lipinski definition) is 3. The summed E-state index contributed by atoms with van der Waals surface area (Å²) in [6.45, 7) is 0.725. The van der Waals surface area contributed by atoms with Gasteiger partial charge in [-0.15, -0.1) is 0 Å². The zero-order valence-corrected chi connectivity index (χ0v) is 13.2. The largest absolute Gasteiger partial charge is 0.449 e. The summed E-state index contributed by atoms with van der Waals surface area (Å²) in [5.41, 5.74) is -2.97. The van der Waals surface area contributed by atoms with Crippen molar-refractivity contribution in [3.05, 3.63) is 0 Å². The molecular formula is C16H21F5O3. The minimum Gasteiger partial charge on any atom is -0.383 e. The normalized spacial score (nSPS) is 56.0. The molecule has 0 aromatic heterocycles. The van der Waals surface area contributed by atoms with Crippen LogP contribution in [0, 0.1) is 29.6 Å². The van der Waals surface area contributed by atoms with Gasteiger partial charge in [-0.3, -0.25) is 0 Å². The molecule has 8 heteroatoms. The summed E-state index contributed by atoms with van der Waals surface area (Å²) in [7, 11) is 0. The fraction of sp³-hybridized carbons (Fsp3) is 1.00. The van der Waals surface area contributed by atoms with Crippen molar-refractivity contribution in [2.75, 3.05) is 0 Å². The first-order valence-electron chi connectivity index (χ1n) is 8.50. The molecule has 3 nitrogen and oxygen atoms in total. The van der Waals surface area contributed by atoms with E-state index in [1.807, 2.05) is 0 Å². The number of halogens is 5. The fourth-order valence-corrected chi connectivity index (χ4v) is 6.18. The van der Waals surface area contributed by atoms with Gasteiger partial charge < -0.3 is 14.9 Å². The van der Waals surface area contributed by atoms with Crippen LogP contribution in [0.2, 0.25) is 0 Å². The maximum absolute atomic E-state index is 14.6. The van der Waals surface area contributed by atoms with Gasteiger partial charge in [-0.1, -0.05) is 12.8 Å². The number of rotatable bonds is 0. The van der Waals surface area contributed by atoms with Crippen LogP contribution in [0.5, 0.6) is 0 Å². The molecule has 24 heavy (non-hydrogen) atoms. The van der Waals surface area contributed by atoms with Gasteiger partial charge in [0.15, 0.2) is 0 Å². The highest BCUT2D eigenvalue weighted by Gasteiger charge is 2.84. The summed E-state index contributed by atoms with van der Waals surface area (Å²) in [5, 5.41) is 20.3. The van der Waals surface area contributed by atoms with Crippen LogP contribution in [0.25, 0.3) is 0 Å². The molecule has 3 aliphatic carbocycles. The van der Waals surface area contributed by atoms with Gasteiger partial charge in [0, 0.05) is 5.92 Å². The lowest BCUT2D eigenvalue weighted by Gasteiger charge is -2.57. The van der Waals surface area contributed by atoms with Crippen molar-refractivity contribution in [1.29, 1.82) is 0 Å². The van der Waals surface area contributed by atoms with Crippen molar-refractivity contribution in [2.45, 2.75) is 68.6 Å². The zero-order valence-electron chi connectivity index (χ0n) is 13.2. The molecule has 3 saturated carbocycles. The second-order valence-electron chi connectivity index (χ2n) is 8.15. The van der Waals surface area contributed by atoms with Crippen LogP contribution in [0.15, 0.2) is 0 Å². The van der Waals surface area contributed by atoms with E-state index in [0.29, 0.717) is 6.42 Å². The lowest BCUT2D eigenvalue weighted by Crippen LogP contribution is -2.77. The Morgan fingerprint density at radius 3 is 2.04 bits per heavy atom. The van der Waals surface area contributed by atoms with Gasteiger partial charge in [0.1, 0.15) is 5.60 Å². The van der Waals surface area contributed by atoms with Crippen LogP contribution in [0.1, 0.15) is 39.0 Å². The van der Waals surface area contributed by atoms with Gasteiger partial charge in [0.25, 0.3) is 0 Å². The number of fused-ring (bicyclic) bond motifs is 8. The third kappa shape index (κ3) is 1.72. The maximum atomic E-state index is 14.6. The van der Waals surface area contributed by atoms with Crippen LogP contribution < -0.4 is 0 Å². The molecule has 0 aromatic rings. The molecule has 138 valence electrons. The van der Waals surface area contributed by atoms with E-state index in [0.717, 1.165) is 32.6 Å². The third-order valence-electron chi connectivity index (χ3n) is 7.16. The Kier molecular flexibility index (Phi) is 3.27. The van der Waals surface area contributed by atoms with E-state index >= 15 is 0 Å². The van der Waals surface area contributed by atoms with Crippen molar-refractivity contribution in [1.82, 2.24) is 0 Å². The Bertz CT molecular complexity index is 548. The van der Waals surface area contributed by atoms with Crippen LogP contribution >= 0.6 is 0 Å². The SMILES string of the molecule is CC1(O)C2C3CC(C4CCCCC43)C2OC(O)(C(F)(F)F)C1(F)F. The molecule has 0 amide bonds. The molecule has 4 rings (SSSR count). The number of aliphatic hydroxyl groups is 2. The highest BCUT2D eigenvalue weighted by molar-refractivity contribution is 5.20. The Hall–Kier alpha value is -0.470. The van der Waals surface area contributed by atoms with E-state index in [1.54, 1.807) is 0 Å². The van der Waals surface area contributed by atoms with E-state index in [1.165, 1.54) is 0 Å². The van der Waals surface area contributed by atoms with E-state index in [4.69, 9.17) is 4.74 Å². The van der Waals surface area contributed by atoms with Crippen molar-refractivity contribution in [3.63, 3.8) is 0 Å². The van der Waals surface area contributed by atoms with Crippen LogP contribution in [-0.4, -0.2) is 39.8 Å². The summed E-state index contributed by atoms with van der Waals surface area (Å²) in [6.07, 6.45) is -2.73. The summed E-state index contributed by atoms with van der Waals surface area (Å²) in [4.78, 5) is 0. The summed E-state index contributed by atoms with van der Waals surface area (Å²) >= 11 is 0. The second kappa shape index (κ2) is 4.62. The topological polar surface area (TPSA) is 49.7 Å². The predicted octanol–water partition coefficient (Wildman–Crippen LogP) is 3.09. The number of alkyl halides is 5. The minimum atomic E-state index is -5.70. The molecular weight excluding hydrogens is 335 g/mol. The highest BCUT2D eigenvalue weighted by Crippen LogP contribution is 2.68. The van der Waals surface area contributed by atoms with Gasteiger partial charge >= 0.3 is 17.9 Å². The number of ether oxygens (including phenoxy) is 1. The molecule has 0 spiro atoms. The quantitative estimate of drug-likeness (QED) is 0.656. The predicted molar refractivity (Wildman–Crippen MR) is 72.0 cm³/mol. The molecule has 2 N–H and O–H groups in total. The van der Waals surface area contributed by atoms with E-state index < -0.39 is 35.5 Å². The molecule has 1 saturated heterocycles. The average molecular weight is 356 g/mol. The smallest absolute Gasteiger partial charge is 0.383 e. The van der Waals surface area contributed by atoms with Crippen molar-refractivity contribution in [2.24, 2.45) is 29.6 Å². The van der Waals surface area contributed by atoms with Gasteiger partial charge in [-0.2, -0.15) is 22.0 Å². The molecule has 2 bridgehead atoms. The van der Waals surface area contributed by atoms with Crippen molar-refractivity contribution >= 4 is 0 Å². The Morgan fingerprint density at radius 1 is 0.958 bits per heavy atom. The van der Waals surface area contributed by atoms with Crippen LogP contribution in [0.3, 0.4) is 0 Å². The molecule has 0 aromatic carbocycles.